The Kier molecular flexibility index (Phi) is 6.60. The van der Waals surface area contributed by atoms with Crippen molar-refractivity contribution in [1.82, 2.24) is 9.21 Å². The highest BCUT2D eigenvalue weighted by molar-refractivity contribution is 7.89. The average Bonchev–Trinajstić information content (AvgIpc) is 2.65. The molecule has 0 aromatic heterocycles. The van der Waals surface area contributed by atoms with Crippen molar-refractivity contribution in [2.75, 3.05) is 32.5 Å². The van der Waals surface area contributed by atoms with Crippen LogP contribution in [-0.4, -0.2) is 73.1 Å². The maximum Gasteiger partial charge on any atom is 0.323 e. The number of ether oxygens (including phenoxy) is 1. The van der Waals surface area contributed by atoms with Crippen molar-refractivity contribution in [1.29, 1.82) is 0 Å². The maximum absolute atomic E-state index is 12.9. The van der Waals surface area contributed by atoms with Gasteiger partial charge >= 0.3 is 5.97 Å². The first-order valence-electron chi connectivity index (χ1n) is 8.43. The van der Waals surface area contributed by atoms with Gasteiger partial charge < -0.3 is 14.7 Å². The molecule has 0 unspecified atom stereocenters. The van der Waals surface area contributed by atoms with Crippen LogP contribution in [0.5, 0.6) is 5.75 Å². The Morgan fingerprint density at radius 3 is 2.42 bits per heavy atom. The van der Waals surface area contributed by atoms with E-state index in [2.05, 4.69) is 0 Å². The van der Waals surface area contributed by atoms with E-state index in [1.54, 1.807) is 31.2 Å². The SMILES string of the molecule is CCS(=O)(=O)N1CCC(N(CC(=O)O)C(=O)c2ccccc2OC)CC1. The molecule has 0 spiro atoms. The predicted octanol–water partition coefficient (Wildman–Crippen LogP) is 1.04. The fraction of sp³-hybridized carbons (Fsp3) is 0.529. The molecule has 1 saturated heterocycles. The van der Waals surface area contributed by atoms with Crippen LogP contribution in [0.2, 0.25) is 0 Å². The number of carboxylic acids is 1. The highest BCUT2D eigenvalue weighted by Crippen LogP contribution is 2.24. The molecule has 1 N–H and O–H groups in total. The van der Waals surface area contributed by atoms with Gasteiger partial charge in [0, 0.05) is 19.1 Å². The zero-order valence-electron chi connectivity index (χ0n) is 14.9. The number of methoxy groups -OCH3 is 1. The second-order valence-corrected chi connectivity index (χ2v) is 8.32. The lowest BCUT2D eigenvalue weighted by atomic mass is 10.0. The lowest BCUT2D eigenvalue weighted by molar-refractivity contribution is -0.138. The van der Waals surface area contributed by atoms with Gasteiger partial charge in [-0.1, -0.05) is 12.1 Å². The van der Waals surface area contributed by atoms with Crippen molar-refractivity contribution in [3.05, 3.63) is 29.8 Å². The van der Waals surface area contributed by atoms with Crippen LogP contribution in [0.4, 0.5) is 0 Å². The summed E-state index contributed by atoms with van der Waals surface area (Å²) in [6.45, 7) is 1.69. The number of hydrogen-bond donors (Lipinski definition) is 1. The van der Waals surface area contributed by atoms with E-state index in [1.807, 2.05) is 0 Å². The van der Waals surface area contributed by atoms with Crippen LogP contribution in [0.1, 0.15) is 30.1 Å². The number of hydrogen-bond acceptors (Lipinski definition) is 5. The topological polar surface area (TPSA) is 104 Å². The second-order valence-electron chi connectivity index (χ2n) is 6.06. The van der Waals surface area contributed by atoms with Crippen molar-refractivity contribution in [3.63, 3.8) is 0 Å². The monoisotopic (exact) mass is 384 g/mol. The third kappa shape index (κ3) is 4.53. The lowest BCUT2D eigenvalue weighted by Crippen LogP contribution is -2.50. The zero-order valence-corrected chi connectivity index (χ0v) is 15.7. The summed E-state index contributed by atoms with van der Waals surface area (Å²) in [7, 11) is -1.84. The van der Waals surface area contributed by atoms with Gasteiger partial charge in [0.25, 0.3) is 5.91 Å². The van der Waals surface area contributed by atoms with Crippen molar-refractivity contribution >= 4 is 21.9 Å². The average molecular weight is 384 g/mol. The molecule has 0 aliphatic carbocycles. The Balaban J connectivity index is 2.21. The first-order valence-corrected chi connectivity index (χ1v) is 10.0. The molecule has 1 amide bonds. The minimum absolute atomic E-state index is 0.0245. The molecule has 0 saturated carbocycles. The minimum Gasteiger partial charge on any atom is -0.496 e. The van der Waals surface area contributed by atoms with Crippen LogP contribution in [0.3, 0.4) is 0 Å². The van der Waals surface area contributed by atoms with E-state index in [1.165, 1.54) is 16.3 Å². The summed E-state index contributed by atoms with van der Waals surface area (Å²) in [5, 5.41) is 9.22. The minimum atomic E-state index is -3.28. The van der Waals surface area contributed by atoms with Gasteiger partial charge in [0.2, 0.25) is 10.0 Å². The van der Waals surface area contributed by atoms with Crippen LogP contribution in [-0.2, 0) is 14.8 Å². The van der Waals surface area contributed by atoms with E-state index in [0.29, 0.717) is 24.2 Å². The number of para-hydroxylation sites is 1. The number of benzene rings is 1. The molecule has 0 atom stereocenters. The third-order valence-electron chi connectivity index (χ3n) is 4.53. The Morgan fingerprint density at radius 2 is 1.88 bits per heavy atom. The first kappa shape index (κ1) is 20.2. The van der Waals surface area contributed by atoms with Crippen LogP contribution in [0, 0.1) is 0 Å². The molecule has 1 aliphatic heterocycles. The highest BCUT2D eigenvalue weighted by Gasteiger charge is 2.33. The van der Waals surface area contributed by atoms with Crippen molar-refractivity contribution in [2.24, 2.45) is 0 Å². The molecule has 1 fully saturated rings. The molecule has 1 aliphatic rings. The molecule has 2 rings (SSSR count). The molecular weight excluding hydrogens is 360 g/mol. The number of aliphatic carboxylic acids is 1. The van der Waals surface area contributed by atoms with Gasteiger partial charge in [0.15, 0.2) is 0 Å². The summed E-state index contributed by atoms with van der Waals surface area (Å²) in [6.07, 6.45) is 0.792. The number of sulfonamides is 1. The Hall–Kier alpha value is -2.13. The normalized spacial score (nSPS) is 16.2. The molecule has 0 bridgehead atoms. The fourth-order valence-electron chi connectivity index (χ4n) is 3.10. The molecule has 0 radical (unpaired) electrons. The van der Waals surface area contributed by atoms with Crippen LogP contribution in [0.15, 0.2) is 24.3 Å². The zero-order chi connectivity index (χ0) is 19.3. The van der Waals surface area contributed by atoms with Crippen LogP contribution in [0.25, 0.3) is 0 Å². The predicted molar refractivity (Wildman–Crippen MR) is 95.7 cm³/mol. The summed E-state index contributed by atoms with van der Waals surface area (Å²) in [4.78, 5) is 25.5. The second kappa shape index (κ2) is 8.50. The Bertz CT molecular complexity index is 756. The van der Waals surface area contributed by atoms with E-state index in [-0.39, 0.29) is 24.9 Å². The number of rotatable bonds is 7. The molecule has 1 aromatic rings. The molecule has 8 nitrogen and oxygen atoms in total. The lowest BCUT2D eigenvalue weighted by Gasteiger charge is -2.37. The molecular formula is C17H24N2O6S. The quantitative estimate of drug-likeness (QED) is 0.753. The van der Waals surface area contributed by atoms with Crippen molar-refractivity contribution in [3.8, 4) is 5.75 Å². The number of amides is 1. The number of carboxylic acid groups (broad SMARTS) is 1. The van der Waals surface area contributed by atoms with E-state index < -0.39 is 28.4 Å². The summed E-state index contributed by atoms with van der Waals surface area (Å²) in [6, 6.07) is 6.30. The number of carbonyl (C=O) groups excluding carboxylic acids is 1. The molecule has 9 heteroatoms. The smallest absolute Gasteiger partial charge is 0.323 e. The summed E-state index contributed by atoms with van der Waals surface area (Å²) >= 11 is 0. The van der Waals surface area contributed by atoms with E-state index in [4.69, 9.17) is 4.74 Å². The van der Waals surface area contributed by atoms with Gasteiger partial charge in [0.05, 0.1) is 18.4 Å². The molecule has 144 valence electrons. The van der Waals surface area contributed by atoms with E-state index in [9.17, 15) is 23.1 Å². The van der Waals surface area contributed by atoms with Crippen molar-refractivity contribution < 1.29 is 27.9 Å². The van der Waals surface area contributed by atoms with Gasteiger partial charge in [-0.2, -0.15) is 0 Å². The number of nitrogens with zero attached hydrogens (tertiary/aromatic N) is 2. The fourth-order valence-corrected chi connectivity index (χ4v) is 4.24. The highest BCUT2D eigenvalue weighted by atomic mass is 32.2. The van der Waals surface area contributed by atoms with Gasteiger partial charge in [-0.05, 0) is 31.9 Å². The van der Waals surface area contributed by atoms with Gasteiger partial charge in [0.1, 0.15) is 12.3 Å². The summed E-state index contributed by atoms with van der Waals surface area (Å²) in [5.41, 5.74) is 0.292. The van der Waals surface area contributed by atoms with E-state index in [0.717, 1.165) is 0 Å². The standard InChI is InChI=1S/C17H24N2O6S/c1-3-26(23,24)18-10-8-13(9-11-18)19(12-16(20)21)17(22)14-6-4-5-7-15(14)25-2/h4-7,13H,3,8-12H2,1-2H3,(H,20,21). The molecule has 1 heterocycles. The molecule has 1 aromatic carbocycles. The van der Waals surface area contributed by atoms with Crippen LogP contribution >= 0.6 is 0 Å². The summed E-state index contributed by atoms with van der Waals surface area (Å²) < 4.78 is 30.6. The summed E-state index contributed by atoms with van der Waals surface area (Å²) in [5.74, 6) is -1.14. The van der Waals surface area contributed by atoms with Crippen molar-refractivity contribution in [2.45, 2.75) is 25.8 Å². The maximum atomic E-state index is 12.9. The van der Waals surface area contributed by atoms with E-state index >= 15 is 0 Å². The number of carbonyl (C=O) groups is 2. The first-order chi connectivity index (χ1) is 12.3. The van der Waals surface area contributed by atoms with Crippen LogP contribution < -0.4 is 4.74 Å². The third-order valence-corrected chi connectivity index (χ3v) is 6.41. The molecule has 26 heavy (non-hydrogen) atoms. The Morgan fingerprint density at radius 1 is 1.27 bits per heavy atom. The van der Waals surface area contributed by atoms with Gasteiger partial charge in [-0.25, -0.2) is 12.7 Å². The van der Waals surface area contributed by atoms with Gasteiger partial charge in [-0.15, -0.1) is 0 Å². The van der Waals surface area contributed by atoms with Gasteiger partial charge in [-0.3, -0.25) is 9.59 Å². The Labute approximate surface area is 153 Å². The number of piperidine rings is 1. The largest absolute Gasteiger partial charge is 0.496 e.